The lowest BCUT2D eigenvalue weighted by Gasteiger charge is -2.13. The molecule has 2 nitrogen and oxygen atoms in total. The van der Waals surface area contributed by atoms with E-state index in [1.54, 1.807) is 0 Å². The summed E-state index contributed by atoms with van der Waals surface area (Å²) < 4.78 is 5.49. The maximum atomic E-state index is 5.99. The Morgan fingerprint density at radius 2 is 2.00 bits per heavy atom. The van der Waals surface area contributed by atoms with Crippen molar-refractivity contribution in [3.63, 3.8) is 0 Å². The number of aryl methyl sites for hydroxylation is 1. The normalized spacial score (nSPS) is 13.4. The molecule has 1 rings (SSSR count). The van der Waals surface area contributed by atoms with Gasteiger partial charge in [0.1, 0.15) is 0 Å². The minimum Gasteiger partial charge on any atom is -0.377 e. The van der Waals surface area contributed by atoms with Gasteiger partial charge < -0.3 is 10.5 Å². The number of nitrogens with two attached hydrogens (primary N) is 1. The first-order valence-corrected chi connectivity index (χ1v) is 6.38. The molecule has 86 valence electrons. The third-order valence-electron chi connectivity index (χ3n) is 2.17. The molecular formula is C12H21NOS. The van der Waals surface area contributed by atoms with E-state index in [2.05, 4.69) is 19.1 Å². The zero-order valence-corrected chi connectivity index (χ0v) is 10.6. The second-order valence-corrected chi connectivity index (χ2v) is 5.32. The van der Waals surface area contributed by atoms with Crippen molar-refractivity contribution in [1.29, 1.82) is 0 Å². The van der Waals surface area contributed by atoms with Crippen molar-refractivity contribution in [2.24, 2.45) is 5.73 Å². The van der Waals surface area contributed by atoms with Crippen LogP contribution in [0, 0.1) is 0 Å². The van der Waals surface area contributed by atoms with E-state index in [4.69, 9.17) is 10.5 Å². The number of thiophene rings is 1. The Morgan fingerprint density at radius 3 is 2.53 bits per heavy atom. The van der Waals surface area contributed by atoms with E-state index in [1.165, 1.54) is 9.75 Å². The highest BCUT2D eigenvalue weighted by molar-refractivity contribution is 7.11. The summed E-state index contributed by atoms with van der Waals surface area (Å²) in [7, 11) is 0. The van der Waals surface area contributed by atoms with Gasteiger partial charge in [-0.3, -0.25) is 0 Å². The van der Waals surface area contributed by atoms with Crippen LogP contribution in [0.2, 0.25) is 0 Å². The van der Waals surface area contributed by atoms with Gasteiger partial charge in [-0.25, -0.2) is 0 Å². The van der Waals surface area contributed by atoms with Gasteiger partial charge in [-0.2, -0.15) is 0 Å². The van der Waals surface area contributed by atoms with Crippen LogP contribution in [-0.2, 0) is 17.6 Å². The number of hydrogen-bond donors (Lipinski definition) is 1. The molecule has 0 radical (unpaired) electrons. The summed E-state index contributed by atoms with van der Waals surface area (Å²) in [6, 6.07) is 4.49. The molecule has 1 unspecified atom stereocenters. The lowest BCUT2D eigenvalue weighted by atomic mass is 10.2. The molecule has 1 atom stereocenters. The highest BCUT2D eigenvalue weighted by Gasteiger charge is 2.07. The fourth-order valence-corrected chi connectivity index (χ4v) is 2.41. The van der Waals surface area contributed by atoms with Gasteiger partial charge in [-0.05, 0) is 38.8 Å². The number of rotatable bonds is 6. The molecule has 0 amide bonds. The molecule has 0 aliphatic carbocycles. The summed E-state index contributed by atoms with van der Waals surface area (Å²) in [6.45, 7) is 6.90. The fourth-order valence-electron chi connectivity index (χ4n) is 1.36. The molecule has 0 spiro atoms. The highest BCUT2D eigenvalue weighted by Crippen LogP contribution is 2.18. The van der Waals surface area contributed by atoms with Crippen molar-refractivity contribution in [2.75, 3.05) is 6.61 Å². The molecule has 0 saturated heterocycles. The topological polar surface area (TPSA) is 35.2 Å². The van der Waals surface area contributed by atoms with E-state index >= 15 is 0 Å². The molecule has 3 heteroatoms. The molecule has 1 heterocycles. The van der Waals surface area contributed by atoms with Crippen molar-refractivity contribution >= 4 is 11.3 Å². The zero-order valence-electron chi connectivity index (χ0n) is 9.82. The maximum Gasteiger partial charge on any atom is 0.0624 e. The summed E-state index contributed by atoms with van der Waals surface area (Å²) in [5.41, 5.74) is 5.99. The first-order valence-electron chi connectivity index (χ1n) is 5.56. The smallest absolute Gasteiger partial charge is 0.0624 e. The molecular weight excluding hydrogens is 206 g/mol. The van der Waals surface area contributed by atoms with Crippen LogP contribution < -0.4 is 5.73 Å². The molecule has 2 N–H and O–H groups in total. The minimum atomic E-state index is 0.121. The van der Waals surface area contributed by atoms with Gasteiger partial charge >= 0.3 is 0 Å². The van der Waals surface area contributed by atoms with Crippen LogP contribution in [0.4, 0.5) is 0 Å². The largest absolute Gasteiger partial charge is 0.377 e. The Hall–Kier alpha value is -0.380. The second-order valence-electron chi connectivity index (χ2n) is 4.07. The third kappa shape index (κ3) is 4.78. The monoisotopic (exact) mass is 227 g/mol. The van der Waals surface area contributed by atoms with Crippen LogP contribution in [0.15, 0.2) is 12.1 Å². The highest BCUT2D eigenvalue weighted by atomic mass is 32.1. The van der Waals surface area contributed by atoms with Crippen LogP contribution in [0.25, 0.3) is 0 Å². The number of hydrogen-bond acceptors (Lipinski definition) is 3. The van der Waals surface area contributed by atoms with E-state index in [9.17, 15) is 0 Å². The molecule has 0 aliphatic rings. The van der Waals surface area contributed by atoms with Gasteiger partial charge in [0.25, 0.3) is 0 Å². The molecule has 0 fully saturated rings. The summed E-state index contributed by atoms with van der Waals surface area (Å²) in [4.78, 5) is 2.80. The quantitative estimate of drug-likeness (QED) is 0.811. The SMILES string of the molecule is CCc1ccc(CC(N)COC(C)C)s1. The molecule has 1 aromatic heterocycles. The fraction of sp³-hybridized carbons (Fsp3) is 0.667. The third-order valence-corrected chi connectivity index (χ3v) is 3.42. The average Bonchev–Trinajstić information content (AvgIpc) is 2.62. The summed E-state index contributed by atoms with van der Waals surface area (Å²) in [5, 5.41) is 0. The molecule has 0 aromatic carbocycles. The van der Waals surface area contributed by atoms with Crippen LogP contribution in [0.1, 0.15) is 30.5 Å². The molecule has 0 aliphatic heterocycles. The van der Waals surface area contributed by atoms with Crippen molar-refractivity contribution in [2.45, 2.75) is 45.8 Å². The molecule has 1 aromatic rings. The van der Waals surface area contributed by atoms with Crippen molar-refractivity contribution in [1.82, 2.24) is 0 Å². The lowest BCUT2D eigenvalue weighted by molar-refractivity contribution is 0.0685. The van der Waals surface area contributed by atoms with Crippen LogP contribution in [-0.4, -0.2) is 18.8 Å². The van der Waals surface area contributed by atoms with Crippen LogP contribution in [0.5, 0.6) is 0 Å². The van der Waals surface area contributed by atoms with Gasteiger partial charge in [0.05, 0.1) is 12.7 Å². The van der Waals surface area contributed by atoms with Crippen molar-refractivity contribution in [3.05, 3.63) is 21.9 Å². The predicted octanol–water partition coefficient (Wildman–Crippen LogP) is 2.61. The Balaban J connectivity index is 2.33. The zero-order chi connectivity index (χ0) is 11.3. The van der Waals surface area contributed by atoms with Crippen LogP contribution in [0.3, 0.4) is 0 Å². The van der Waals surface area contributed by atoms with E-state index in [0.717, 1.165) is 12.8 Å². The predicted molar refractivity (Wildman–Crippen MR) is 66.5 cm³/mol. The average molecular weight is 227 g/mol. The standard InChI is InChI=1S/C12H21NOS/c1-4-11-5-6-12(15-11)7-10(13)8-14-9(2)3/h5-6,9-10H,4,7-8,13H2,1-3H3. The Labute approximate surface area is 96.4 Å². The second kappa shape index (κ2) is 6.26. The van der Waals surface area contributed by atoms with Gasteiger partial charge in [0.15, 0.2) is 0 Å². The Kier molecular flexibility index (Phi) is 5.29. The number of ether oxygens (including phenoxy) is 1. The van der Waals surface area contributed by atoms with E-state index < -0.39 is 0 Å². The molecule has 15 heavy (non-hydrogen) atoms. The summed E-state index contributed by atoms with van der Waals surface area (Å²) >= 11 is 1.86. The Bertz CT molecular complexity index is 283. The van der Waals surface area contributed by atoms with E-state index in [0.29, 0.717) is 6.61 Å². The van der Waals surface area contributed by atoms with E-state index in [1.807, 2.05) is 25.2 Å². The van der Waals surface area contributed by atoms with Gasteiger partial charge in [-0.15, -0.1) is 11.3 Å². The van der Waals surface area contributed by atoms with E-state index in [-0.39, 0.29) is 12.1 Å². The van der Waals surface area contributed by atoms with Gasteiger partial charge in [0.2, 0.25) is 0 Å². The van der Waals surface area contributed by atoms with Crippen LogP contribution >= 0.6 is 11.3 Å². The van der Waals surface area contributed by atoms with Crippen molar-refractivity contribution < 1.29 is 4.74 Å². The Morgan fingerprint density at radius 1 is 1.33 bits per heavy atom. The molecule has 0 bridgehead atoms. The maximum absolute atomic E-state index is 5.99. The summed E-state index contributed by atoms with van der Waals surface area (Å²) in [6.07, 6.45) is 2.31. The molecule has 0 saturated carbocycles. The van der Waals surface area contributed by atoms with Crippen molar-refractivity contribution in [3.8, 4) is 0 Å². The first kappa shape index (κ1) is 12.7. The summed E-state index contributed by atoms with van der Waals surface area (Å²) in [5.74, 6) is 0. The lowest BCUT2D eigenvalue weighted by Crippen LogP contribution is -2.29. The van der Waals surface area contributed by atoms with Gasteiger partial charge in [0, 0.05) is 15.8 Å². The minimum absolute atomic E-state index is 0.121. The first-order chi connectivity index (χ1) is 7.11. The van der Waals surface area contributed by atoms with Gasteiger partial charge in [-0.1, -0.05) is 6.92 Å².